The Kier molecular flexibility index (Phi) is 22.3. The Labute approximate surface area is 302 Å². The first-order valence-electron chi connectivity index (χ1n) is 15.6. The van der Waals surface area contributed by atoms with E-state index in [1.54, 1.807) is 34.0 Å². The molecule has 0 saturated heterocycles. The Hall–Kier alpha value is -2.78. The number of carboxylic acid groups (broad SMARTS) is 1. The topological polar surface area (TPSA) is 278 Å². The SMILES string of the molecule is CSCCC(NC(=O)C(CC(C)C)NC(=O)C(NC(=O)C(CS)NC(=O)C(CS)NC(=O)C(NC(=O)C(N)CO)C(C)C)C(C)O)C(=O)O. The third-order valence-electron chi connectivity index (χ3n) is 7.04. The maximum Gasteiger partial charge on any atom is 0.326 e. The molecule has 0 aliphatic heterocycles. The Balaban J connectivity index is 5.76. The van der Waals surface area contributed by atoms with Crippen molar-refractivity contribution in [3.63, 3.8) is 0 Å². The minimum Gasteiger partial charge on any atom is -0.480 e. The van der Waals surface area contributed by atoms with Gasteiger partial charge in [0.2, 0.25) is 35.4 Å². The van der Waals surface area contributed by atoms with Gasteiger partial charge in [0.1, 0.15) is 42.3 Å². The Morgan fingerprint density at radius 3 is 1.53 bits per heavy atom. The molecule has 8 unspecified atom stereocenters. The molecule has 0 aromatic heterocycles. The average molecular weight is 756 g/mol. The third-order valence-corrected chi connectivity index (χ3v) is 8.41. The van der Waals surface area contributed by atoms with Crippen molar-refractivity contribution in [3.8, 4) is 0 Å². The van der Waals surface area contributed by atoms with E-state index in [9.17, 15) is 43.8 Å². The Morgan fingerprint density at radius 1 is 0.673 bits per heavy atom. The first kappa shape index (κ1) is 46.2. The van der Waals surface area contributed by atoms with Gasteiger partial charge in [-0.1, -0.05) is 27.7 Å². The highest BCUT2D eigenvalue weighted by Gasteiger charge is 2.35. The molecule has 282 valence electrons. The molecule has 0 bridgehead atoms. The van der Waals surface area contributed by atoms with Crippen LogP contribution in [0.2, 0.25) is 0 Å². The molecule has 8 atom stereocenters. The predicted molar refractivity (Wildman–Crippen MR) is 191 cm³/mol. The normalized spacial score (nSPS) is 16.2. The van der Waals surface area contributed by atoms with Crippen LogP contribution in [-0.4, -0.2) is 135 Å². The van der Waals surface area contributed by atoms with Gasteiger partial charge in [-0.05, 0) is 43.6 Å². The smallest absolute Gasteiger partial charge is 0.326 e. The van der Waals surface area contributed by atoms with Crippen molar-refractivity contribution < 1.29 is 48.9 Å². The molecule has 0 rings (SSSR count). The third kappa shape index (κ3) is 16.7. The van der Waals surface area contributed by atoms with Crippen LogP contribution in [0.5, 0.6) is 0 Å². The molecule has 17 nitrogen and oxygen atoms in total. The quantitative estimate of drug-likeness (QED) is 0.0465. The number of carboxylic acids is 1. The van der Waals surface area contributed by atoms with E-state index in [0.29, 0.717) is 5.75 Å². The highest BCUT2D eigenvalue weighted by Crippen LogP contribution is 2.09. The summed E-state index contributed by atoms with van der Waals surface area (Å²) in [7, 11) is 0. The van der Waals surface area contributed by atoms with Gasteiger partial charge in [0.05, 0.1) is 12.7 Å². The first-order valence-corrected chi connectivity index (χ1v) is 18.3. The fourth-order valence-corrected chi connectivity index (χ4v) is 5.17. The monoisotopic (exact) mass is 755 g/mol. The summed E-state index contributed by atoms with van der Waals surface area (Å²) in [5, 5.41) is 43.6. The van der Waals surface area contributed by atoms with Gasteiger partial charge in [-0.3, -0.25) is 28.8 Å². The summed E-state index contributed by atoms with van der Waals surface area (Å²) >= 11 is 9.63. The summed E-state index contributed by atoms with van der Waals surface area (Å²) in [5.74, 6) is -6.80. The van der Waals surface area contributed by atoms with Gasteiger partial charge in [0.15, 0.2) is 0 Å². The number of hydrogen-bond acceptors (Lipinski definition) is 13. The molecule has 0 aliphatic carbocycles. The van der Waals surface area contributed by atoms with Crippen molar-refractivity contribution >= 4 is 78.4 Å². The van der Waals surface area contributed by atoms with Gasteiger partial charge >= 0.3 is 5.97 Å². The zero-order valence-corrected chi connectivity index (χ0v) is 31.2. The summed E-state index contributed by atoms with van der Waals surface area (Å²) < 4.78 is 0. The molecule has 6 amide bonds. The van der Waals surface area contributed by atoms with Gasteiger partial charge in [-0.15, -0.1) is 0 Å². The van der Waals surface area contributed by atoms with Crippen molar-refractivity contribution in [1.29, 1.82) is 0 Å². The van der Waals surface area contributed by atoms with E-state index in [0.717, 1.165) is 0 Å². The van der Waals surface area contributed by atoms with Gasteiger partial charge < -0.3 is 53.0 Å². The molecule has 11 N–H and O–H groups in total. The molecule has 0 aromatic rings. The number of rotatable bonds is 23. The summed E-state index contributed by atoms with van der Waals surface area (Å²) in [6.45, 7) is 7.42. The van der Waals surface area contributed by atoms with E-state index in [-0.39, 0.29) is 30.3 Å². The molecular weight excluding hydrogens is 703 g/mol. The van der Waals surface area contributed by atoms with E-state index in [1.807, 2.05) is 0 Å². The molecule has 0 aromatic carbocycles. The highest BCUT2D eigenvalue weighted by atomic mass is 32.2. The molecule has 49 heavy (non-hydrogen) atoms. The van der Waals surface area contributed by atoms with Crippen LogP contribution in [-0.2, 0) is 33.6 Å². The van der Waals surface area contributed by atoms with Crippen LogP contribution in [0, 0.1) is 11.8 Å². The molecule has 0 aliphatic rings. The Morgan fingerprint density at radius 2 is 1.10 bits per heavy atom. The van der Waals surface area contributed by atoms with E-state index in [1.165, 1.54) is 18.7 Å². The number of nitrogens with one attached hydrogen (secondary N) is 6. The second-order valence-corrected chi connectivity index (χ2v) is 13.8. The zero-order chi connectivity index (χ0) is 38.0. The maximum absolute atomic E-state index is 13.3. The minimum atomic E-state index is -1.60. The van der Waals surface area contributed by atoms with Crippen molar-refractivity contribution in [2.24, 2.45) is 17.6 Å². The predicted octanol–water partition coefficient (Wildman–Crippen LogP) is -3.00. The summed E-state index contributed by atoms with van der Waals surface area (Å²) in [6.07, 6.45) is 0.592. The van der Waals surface area contributed by atoms with Crippen molar-refractivity contribution in [3.05, 3.63) is 0 Å². The lowest BCUT2D eigenvalue weighted by Gasteiger charge is -2.28. The number of aliphatic carboxylic acids is 1. The van der Waals surface area contributed by atoms with Crippen molar-refractivity contribution in [2.45, 2.75) is 95.9 Å². The average Bonchev–Trinajstić information content (AvgIpc) is 3.03. The summed E-state index contributed by atoms with van der Waals surface area (Å²) in [4.78, 5) is 89.4. The molecule has 20 heteroatoms. The zero-order valence-electron chi connectivity index (χ0n) is 28.6. The lowest BCUT2D eigenvalue weighted by atomic mass is 10.0. The molecule has 0 radical (unpaired) electrons. The lowest BCUT2D eigenvalue weighted by Crippen LogP contribution is -2.62. The molecule has 0 heterocycles. The number of carbonyl (C=O) groups excluding carboxylic acids is 6. The van der Waals surface area contributed by atoms with Crippen molar-refractivity contribution in [1.82, 2.24) is 31.9 Å². The molecule has 0 spiro atoms. The fraction of sp³-hybridized carbons (Fsp3) is 0.759. The number of amides is 6. The van der Waals surface area contributed by atoms with Gasteiger partial charge in [0, 0.05) is 11.5 Å². The van der Waals surface area contributed by atoms with E-state index in [4.69, 9.17) is 10.8 Å². The highest BCUT2D eigenvalue weighted by molar-refractivity contribution is 7.98. The van der Waals surface area contributed by atoms with E-state index >= 15 is 0 Å². The summed E-state index contributed by atoms with van der Waals surface area (Å²) in [5.41, 5.74) is 5.51. The Bertz CT molecular complexity index is 1130. The number of nitrogens with two attached hydrogens (primary N) is 1. The fourth-order valence-electron chi connectivity index (χ4n) is 4.19. The molecule has 0 saturated carbocycles. The van der Waals surface area contributed by atoms with Crippen LogP contribution < -0.4 is 37.6 Å². The number of thioether (sulfide) groups is 1. The van der Waals surface area contributed by atoms with Crippen LogP contribution in [0.1, 0.15) is 47.5 Å². The number of thiol groups is 2. The van der Waals surface area contributed by atoms with Crippen LogP contribution in [0.25, 0.3) is 0 Å². The largest absolute Gasteiger partial charge is 0.480 e. The van der Waals surface area contributed by atoms with E-state index in [2.05, 4.69) is 57.2 Å². The summed E-state index contributed by atoms with van der Waals surface area (Å²) in [6, 6.07) is -9.02. The number of carbonyl (C=O) groups is 7. The van der Waals surface area contributed by atoms with Gasteiger partial charge in [-0.2, -0.15) is 37.0 Å². The molecular formula is C29H53N7O10S3. The number of aliphatic hydroxyl groups excluding tert-OH is 2. The first-order chi connectivity index (χ1) is 22.8. The number of hydrogen-bond donors (Lipinski definition) is 12. The molecule has 0 fully saturated rings. The maximum atomic E-state index is 13.3. The van der Waals surface area contributed by atoms with Gasteiger partial charge in [-0.25, -0.2) is 4.79 Å². The van der Waals surface area contributed by atoms with Crippen molar-refractivity contribution in [2.75, 3.05) is 30.1 Å². The van der Waals surface area contributed by atoms with Crippen LogP contribution in [0.4, 0.5) is 0 Å². The van der Waals surface area contributed by atoms with E-state index < -0.39 is 102 Å². The lowest BCUT2D eigenvalue weighted by molar-refractivity contribution is -0.142. The van der Waals surface area contributed by atoms with Crippen LogP contribution >= 0.6 is 37.0 Å². The second kappa shape index (κ2) is 23.6. The van der Waals surface area contributed by atoms with Gasteiger partial charge in [0.25, 0.3) is 0 Å². The number of aliphatic hydroxyl groups is 2. The minimum absolute atomic E-state index is 0.112. The van der Waals surface area contributed by atoms with Crippen LogP contribution in [0.15, 0.2) is 0 Å². The van der Waals surface area contributed by atoms with Crippen LogP contribution in [0.3, 0.4) is 0 Å². The second-order valence-electron chi connectivity index (χ2n) is 12.1. The standard InChI is InChI=1S/C29H53N7O10S3/c1-13(2)9-18(24(40)31-17(29(45)46)7-8-49-6)32-28(44)22(15(5)38)36-26(42)20(12-48)33-25(41)19(11-47)34-27(43)21(14(3)4)35-23(39)16(30)10-37/h13-22,37-38,47-48H,7-12,30H2,1-6H3,(H,31,40)(H,32,44)(H,33,41)(H,34,43)(H,35,39)(H,36,42)(H,45,46).